The number of benzene rings is 1. The Hall–Kier alpha value is -4.34. The van der Waals surface area contributed by atoms with Gasteiger partial charge in [-0.05, 0) is 43.3 Å². The molecule has 0 radical (unpaired) electrons. The Kier molecular flexibility index (Phi) is 4.32. The van der Waals surface area contributed by atoms with Crippen LogP contribution in [0.2, 0.25) is 0 Å². The summed E-state index contributed by atoms with van der Waals surface area (Å²) in [6, 6.07) is 9.84. The summed E-state index contributed by atoms with van der Waals surface area (Å²) in [6.45, 7) is 1.90. The number of amides is 1. The monoisotopic (exact) mass is 416 g/mol. The van der Waals surface area contributed by atoms with Gasteiger partial charge in [0.15, 0.2) is 17.3 Å². The number of aryl methyl sites for hydroxylation is 1. The molecule has 0 saturated carbocycles. The standard InChI is InChI=1S/C21H17FN8O/c1-12-25-18(13-3-5-14(22)6-4-13)19(29(12)2)15-7-8-17-26-16(11-30(17)28-15)27-21(31)20-23-9-10-24-20/h3-11H,1-2H3,(H,23,24)(H,27,31). The van der Waals surface area contributed by atoms with Crippen LogP contribution in [-0.4, -0.2) is 40.0 Å². The van der Waals surface area contributed by atoms with Gasteiger partial charge in [-0.1, -0.05) is 0 Å². The lowest BCUT2D eigenvalue weighted by molar-refractivity contribution is 0.101. The van der Waals surface area contributed by atoms with E-state index in [0.29, 0.717) is 22.9 Å². The predicted molar refractivity (Wildman–Crippen MR) is 112 cm³/mol. The summed E-state index contributed by atoms with van der Waals surface area (Å²) in [4.78, 5) is 27.9. The van der Waals surface area contributed by atoms with Crippen molar-refractivity contribution in [3.05, 3.63) is 72.5 Å². The van der Waals surface area contributed by atoms with E-state index in [2.05, 4.69) is 30.4 Å². The first kappa shape index (κ1) is 18.7. The maximum absolute atomic E-state index is 13.4. The number of halogens is 1. The van der Waals surface area contributed by atoms with E-state index in [9.17, 15) is 9.18 Å². The summed E-state index contributed by atoms with van der Waals surface area (Å²) in [5.41, 5.74) is 3.52. The minimum absolute atomic E-state index is 0.194. The number of aromatic nitrogens is 7. The number of fused-ring (bicyclic) bond motifs is 1. The Bertz CT molecular complexity index is 1400. The molecule has 10 heteroatoms. The molecule has 1 amide bonds. The van der Waals surface area contributed by atoms with E-state index in [1.165, 1.54) is 18.3 Å². The van der Waals surface area contributed by atoms with Gasteiger partial charge in [0, 0.05) is 25.0 Å². The summed E-state index contributed by atoms with van der Waals surface area (Å²) in [5, 5.41) is 7.35. The molecule has 4 heterocycles. The molecule has 4 aromatic heterocycles. The lowest BCUT2D eigenvalue weighted by atomic mass is 10.1. The second kappa shape index (κ2) is 7.17. The quantitative estimate of drug-likeness (QED) is 0.468. The number of imidazole rings is 3. The first-order chi connectivity index (χ1) is 15.0. The van der Waals surface area contributed by atoms with E-state index in [1.807, 2.05) is 30.7 Å². The highest BCUT2D eigenvalue weighted by Gasteiger charge is 2.18. The van der Waals surface area contributed by atoms with Gasteiger partial charge in [0.25, 0.3) is 5.91 Å². The van der Waals surface area contributed by atoms with Crippen molar-refractivity contribution in [1.29, 1.82) is 0 Å². The average molecular weight is 416 g/mol. The van der Waals surface area contributed by atoms with Gasteiger partial charge in [-0.15, -0.1) is 0 Å². The Labute approximate surface area is 175 Å². The lowest BCUT2D eigenvalue weighted by Crippen LogP contribution is -2.13. The number of hydrogen-bond acceptors (Lipinski definition) is 5. The van der Waals surface area contributed by atoms with Gasteiger partial charge < -0.3 is 14.9 Å². The zero-order valence-corrected chi connectivity index (χ0v) is 16.7. The van der Waals surface area contributed by atoms with Crippen LogP contribution in [0.25, 0.3) is 28.3 Å². The molecule has 5 rings (SSSR count). The van der Waals surface area contributed by atoms with Crippen molar-refractivity contribution in [2.24, 2.45) is 7.05 Å². The number of carbonyl (C=O) groups excluding carboxylic acids is 1. The molecular formula is C21H17FN8O. The zero-order chi connectivity index (χ0) is 21.5. The van der Waals surface area contributed by atoms with Crippen LogP contribution in [-0.2, 0) is 7.05 Å². The summed E-state index contributed by atoms with van der Waals surface area (Å²) in [6.07, 6.45) is 4.70. The molecule has 0 atom stereocenters. The number of carbonyl (C=O) groups is 1. The van der Waals surface area contributed by atoms with E-state index in [1.54, 1.807) is 29.0 Å². The zero-order valence-electron chi connectivity index (χ0n) is 16.7. The van der Waals surface area contributed by atoms with E-state index in [0.717, 1.165) is 17.1 Å². The second-order valence-electron chi connectivity index (χ2n) is 6.96. The number of anilines is 1. The van der Waals surface area contributed by atoms with Crippen LogP contribution in [0.4, 0.5) is 10.2 Å². The van der Waals surface area contributed by atoms with Gasteiger partial charge in [0.05, 0.1) is 17.6 Å². The lowest BCUT2D eigenvalue weighted by Gasteiger charge is -2.07. The van der Waals surface area contributed by atoms with Crippen molar-refractivity contribution in [1.82, 2.24) is 34.1 Å². The first-order valence-corrected chi connectivity index (χ1v) is 9.46. The molecule has 2 N–H and O–H groups in total. The molecule has 0 aliphatic rings. The van der Waals surface area contributed by atoms with E-state index in [4.69, 9.17) is 0 Å². The minimum Gasteiger partial charge on any atom is -0.341 e. The number of aromatic amines is 1. The third-order valence-corrected chi connectivity index (χ3v) is 4.95. The van der Waals surface area contributed by atoms with Crippen LogP contribution in [0.3, 0.4) is 0 Å². The molecule has 9 nitrogen and oxygen atoms in total. The van der Waals surface area contributed by atoms with Crippen LogP contribution in [0.15, 0.2) is 55.0 Å². The molecular weight excluding hydrogens is 399 g/mol. The summed E-state index contributed by atoms with van der Waals surface area (Å²) < 4.78 is 16.9. The normalized spacial score (nSPS) is 11.2. The number of rotatable bonds is 4. The molecule has 1 aromatic carbocycles. The molecule has 0 aliphatic heterocycles. The van der Waals surface area contributed by atoms with Crippen molar-refractivity contribution in [2.75, 3.05) is 5.32 Å². The molecule has 0 saturated heterocycles. The molecule has 31 heavy (non-hydrogen) atoms. The highest BCUT2D eigenvalue weighted by molar-refractivity contribution is 6.01. The number of hydrogen-bond donors (Lipinski definition) is 2. The highest BCUT2D eigenvalue weighted by Crippen LogP contribution is 2.31. The molecule has 0 bridgehead atoms. The summed E-state index contributed by atoms with van der Waals surface area (Å²) in [7, 11) is 1.90. The van der Waals surface area contributed by atoms with Crippen molar-refractivity contribution in [3.8, 4) is 22.6 Å². The summed E-state index contributed by atoms with van der Waals surface area (Å²) >= 11 is 0. The molecule has 0 aliphatic carbocycles. The number of nitrogens with zero attached hydrogens (tertiary/aromatic N) is 6. The largest absolute Gasteiger partial charge is 0.341 e. The molecule has 0 spiro atoms. The van der Waals surface area contributed by atoms with Gasteiger partial charge in [-0.3, -0.25) is 4.79 Å². The maximum atomic E-state index is 13.4. The molecule has 154 valence electrons. The molecule has 0 fully saturated rings. The maximum Gasteiger partial charge on any atom is 0.292 e. The first-order valence-electron chi connectivity index (χ1n) is 9.46. The van der Waals surface area contributed by atoms with Crippen LogP contribution >= 0.6 is 0 Å². The van der Waals surface area contributed by atoms with Gasteiger partial charge in [-0.2, -0.15) is 5.10 Å². The van der Waals surface area contributed by atoms with Crippen LogP contribution < -0.4 is 5.32 Å². The van der Waals surface area contributed by atoms with Gasteiger partial charge in [0.1, 0.15) is 17.3 Å². The third kappa shape index (κ3) is 3.33. The fourth-order valence-corrected chi connectivity index (χ4v) is 3.35. The van der Waals surface area contributed by atoms with Crippen molar-refractivity contribution < 1.29 is 9.18 Å². The third-order valence-electron chi connectivity index (χ3n) is 4.95. The molecule has 5 aromatic rings. The van der Waals surface area contributed by atoms with Gasteiger partial charge in [0.2, 0.25) is 0 Å². The van der Waals surface area contributed by atoms with Crippen LogP contribution in [0, 0.1) is 12.7 Å². The minimum atomic E-state index is -0.394. The fraction of sp³-hybridized carbons (Fsp3) is 0.0952. The SMILES string of the molecule is Cc1nc(-c2ccc(F)cc2)c(-c2ccc3nc(NC(=O)c4ncc[nH]4)cn3n2)n1C. The molecule has 0 unspecified atom stereocenters. The van der Waals surface area contributed by atoms with Crippen LogP contribution in [0.5, 0.6) is 0 Å². The van der Waals surface area contributed by atoms with Gasteiger partial charge >= 0.3 is 0 Å². The van der Waals surface area contributed by atoms with Gasteiger partial charge in [-0.25, -0.2) is 23.9 Å². The topological polar surface area (TPSA) is 106 Å². The van der Waals surface area contributed by atoms with Crippen molar-refractivity contribution in [2.45, 2.75) is 6.92 Å². The Morgan fingerprint density at radius 1 is 1.13 bits per heavy atom. The van der Waals surface area contributed by atoms with E-state index >= 15 is 0 Å². The Balaban J connectivity index is 1.54. The second-order valence-corrected chi connectivity index (χ2v) is 6.96. The van der Waals surface area contributed by atoms with Crippen molar-refractivity contribution >= 4 is 17.4 Å². The van der Waals surface area contributed by atoms with E-state index in [-0.39, 0.29) is 11.6 Å². The fourth-order valence-electron chi connectivity index (χ4n) is 3.35. The smallest absolute Gasteiger partial charge is 0.292 e. The Morgan fingerprint density at radius 3 is 2.68 bits per heavy atom. The average Bonchev–Trinajstić information content (AvgIpc) is 3.48. The predicted octanol–water partition coefficient (Wildman–Crippen LogP) is 3.22. The number of nitrogens with one attached hydrogen (secondary N) is 2. The van der Waals surface area contributed by atoms with Crippen molar-refractivity contribution in [3.63, 3.8) is 0 Å². The van der Waals surface area contributed by atoms with Crippen LogP contribution in [0.1, 0.15) is 16.4 Å². The Morgan fingerprint density at radius 2 is 1.94 bits per heavy atom. The summed E-state index contributed by atoms with van der Waals surface area (Å²) in [5.74, 6) is 0.647. The van der Waals surface area contributed by atoms with E-state index < -0.39 is 5.91 Å². The highest BCUT2D eigenvalue weighted by atomic mass is 19.1. The number of H-pyrrole nitrogens is 1.